The van der Waals surface area contributed by atoms with Gasteiger partial charge < -0.3 is 10.5 Å². The molecule has 0 heterocycles. The maximum atomic E-state index is 11.7. The molecule has 2 nitrogen and oxygen atoms in total. The third-order valence-corrected chi connectivity index (χ3v) is 2.74. The smallest absolute Gasteiger partial charge is 0.398 e. The standard InChI is InChI=1S/C9H9ClF3NOS/c10-6-1-2-8(7(14)3-6)16-5-15-4-9(11,12)13/h1-3H,4-5,14H2. The summed E-state index contributed by atoms with van der Waals surface area (Å²) in [6.07, 6.45) is -4.30. The SMILES string of the molecule is Nc1cc(Cl)ccc1SCOCC(F)(F)F. The zero-order valence-corrected chi connectivity index (χ0v) is 9.62. The summed E-state index contributed by atoms with van der Waals surface area (Å²) in [5.74, 6) is -0.106. The van der Waals surface area contributed by atoms with E-state index < -0.39 is 12.8 Å². The molecule has 2 N–H and O–H groups in total. The maximum Gasteiger partial charge on any atom is 0.411 e. The predicted octanol–water partition coefficient (Wildman–Crippen LogP) is 3.55. The number of rotatable bonds is 4. The fourth-order valence-electron chi connectivity index (χ4n) is 0.913. The highest BCUT2D eigenvalue weighted by molar-refractivity contribution is 7.99. The zero-order chi connectivity index (χ0) is 12.2. The summed E-state index contributed by atoms with van der Waals surface area (Å²) in [4.78, 5) is 0.645. The van der Waals surface area contributed by atoms with Gasteiger partial charge in [-0.05, 0) is 18.2 Å². The fourth-order valence-corrected chi connectivity index (χ4v) is 1.78. The molecule has 0 bridgehead atoms. The van der Waals surface area contributed by atoms with E-state index >= 15 is 0 Å². The summed E-state index contributed by atoms with van der Waals surface area (Å²) in [5, 5.41) is 0.484. The number of anilines is 1. The molecule has 0 amide bonds. The highest BCUT2D eigenvalue weighted by Crippen LogP contribution is 2.28. The van der Waals surface area contributed by atoms with Crippen molar-refractivity contribution >= 4 is 29.1 Å². The lowest BCUT2D eigenvalue weighted by Gasteiger charge is -2.08. The predicted molar refractivity (Wildman–Crippen MR) is 58.6 cm³/mol. The van der Waals surface area contributed by atoms with Crippen molar-refractivity contribution in [2.75, 3.05) is 18.3 Å². The van der Waals surface area contributed by atoms with Crippen LogP contribution in [0, 0.1) is 0 Å². The largest absolute Gasteiger partial charge is 0.411 e. The second-order valence-corrected chi connectivity index (χ2v) is 4.31. The van der Waals surface area contributed by atoms with Crippen LogP contribution in [0.2, 0.25) is 5.02 Å². The molecule has 1 aromatic rings. The molecule has 0 aliphatic heterocycles. The summed E-state index contributed by atoms with van der Waals surface area (Å²) < 4.78 is 39.6. The Kier molecular flexibility index (Phi) is 4.76. The molecule has 7 heteroatoms. The first kappa shape index (κ1) is 13.5. The normalized spacial score (nSPS) is 11.8. The Morgan fingerprint density at radius 3 is 2.62 bits per heavy atom. The van der Waals surface area contributed by atoms with Gasteiger partial charge in [0.05, 0.1) is 5.94 Å². The van der Waals surface area contributed by atoms with Gasteiger partial charge in [-0.15, -0.1) is 0 Å². The number of thioether (sulfide) groups is 1. The van der Waals surface area contributed by atoms with Gasteiger partial charge in [0.2, 0.25) is 0 Å². The van der Waals surface area contributed by atoms with Crippen LogP contribution in [-0.2, 0) is 4.74 Å². The number of nitrogen functional groups attached to an aromatic ring is 1. The van der Waals surface area contributed by atoms with E-state index in [2.05, 4.69) is 4.74 Å². The van der Waals surface area contributed by atoms with Crippen LogP contribution < -0.4 is 5.73 Å². The number of alkyl halides is 3. The van der Waals surface area contributed by atoms with Crippen LogP contribution in [0.15, 0.2) is 23.1 Å². The van der Waals surface area contributed by atoms with Gasteiger partial charge in [0, 0.05) is 15.6 Å². The third kappa shape index (κ3) is 4.96. The van der Waals surface area contributed by atoms with Crippen molar-refractivity contribution in [1.82, 2.24) is 0 Å². The Morgan fingerprint density at radius 1 is 1.38 bits per heavy atom. The van der Waals surface area contributed by atoms with Crippen molar-refractivity contribution < 1.29 is 17.9 Å². The molecule has 0 saturated heterocycles. The van der Waals surface area contributed by atoms with E-state index in [1.54, 1.807) is 12.1 Å². The molecule has 0 aliphatic rings. The van der Waals surface area contributed by atoms with E-state index in [9.17, 15) is 13.2 Å². The third-order valence-electron chi connectivity index (χ3n) is 1.54. The maximum absolute atomic E-state index is 11.7. The Labute approximate surface area is 99.9 Å². The average Bonchev–Trinajstić information content (AvgIpc) is 2.13. The lowest BCUT2D eigenvalue weighted by molar-refractivity contribution is -0.168. The first-order chi connectivity index (χ1) is 7.38. The Morgan fingerprint density at radius 2 is 2.06 bits per heavy atom. The number of hydrogen-bond acceptors (Lipinski definition) is 3. The molecule has 0 unspecified atom stereocenters. The van der Waals surface area contributed by atoms with Crippen LogP contribution in [0.25, 0.3) is 0 Å². The van der Waals surface area contributed by atoms with E-state index in [0.717, 1.165) is 11.8 Å². The van der Waals surface area contributed by atoms with Gasteiger partial charge in [-0.2, -0.15) is 13.2 Å². The molecular weight excluding hydrogens is 263 g/mol. The summed E-state index contributed by atoms with van der Waals surface area (Å²) in [6.45, 7) is -1.26. The van der Waals surface area contributed by atoms with Crippen molar-refractivity contribution in [2.45, 2.75) is 11.1 Å². The molecule has 1 aromatic carbocycles. The lowest BCUT2D eigenvalue weighted by atomic mass is 10.3. The van der Waals surface area contributed by atoms with Crippen LogP contribution in [0.1, 0.15) is 0 Å². The number of hydrogen-bond donors (Lipinski definition) is 1. The summed E-state index contributed by atoms with van der Waals surface area (Å²) >= 11 is 6.76. The van der Waals surface area contributed by atoms with E-state index in [1.807, 2.05) is 0 Å². The van der Waals surface area contributed by atoms with Crippen molar-refractivity contribution in [3.63, 3.8) is 0 Å². The van der Waals surface area contributed by atoms with E-state index in [4.69, 9.17) is 17.3 Å². The van der Waals surface area contributed by atoms with Gasteiger partial charge in [0.25, 0.3) is 0 Å². The summed E-state index contributed by atoms with van der Waals surface area (Å²) in [6, 6.07) is 4.79. The van der Waals surface area contributed by atoms with Crippen LogP contribution in [0.5, 0.6) is 0 Å². The van der Waals surface area contributed by atoms with Crippen LogP contribution in [0.4, 0.5) is 18.9 Å². The molecule has 0 aromatic heterocycles. The molecule has 90 valence electrons. The molecule has 0 atom stereocenters. The van der Waals surface area contributed by atoms with E-state index in [-0.39, 0.29) is 5.94 Å². The number of halogens is 4. The minimum atomic E-state index is -4.30. The van der Waals surface area contributed by atoms with Gasteiger partial charge in [-0.3, -0.25) is 0 Å². The van der Waals surface area contributed by atoms with Crippen molar-refractivity contribution in [2.24, 2.45) is 0 Å². The monoisotopic (exact) mass is 271 g/mol. The fraction of sp³-hybridized carbons (Fsp3) is 0.333. The van der Waals surface area contributed by atoms with Gasteiger partial charge in [0.1, 0.15) is 6.61 Å². The zero-order valence-electron chi connectivity index (χ0n) is 8.05. The first-order valence-electron chi connectivity index (χ1n) is 4.21. The highest BCUT2D eigenvalue weighted by atomic mass is 35.5. The van der Waals surface area contributed by atoms with Gasteiger partial charge in [-0.1, -0.05) is 23.4 Å². The first-order valence-corrected chi connectivity index (χ1v) is 5.57. The molecular formula is C9H9ClF3NOS. The van der Waals surface area contributed by atoms with Crippen LogP contribution >= 0.6 is 23.4 Å². The Bertz CT molecular complexity index is 359. The molecule has 0 saturated carbocycles. The topological polar surface area (TPSA) is 35.2 Å². The van der Waals surface area contributed by atoms with Gasteiger partial charge in [-0.25, -0.2) is 0 Å². The molecule has 1 rings (SSSR count). The molecule has 16 heavy (non-hydrogen) atoms. The number of benzene rings is 1. The summed E-state index contributed by atoms with van der Waals surface area (Å²) in [5.41, 5.74) is 6.03. The van der Waals surface area contributed by atoms with E-state index in [0.29, 0.717) is 15.6 Å². The Hall–Kier alpha value is -0.590. The van der Waals surface area contributed by atoms with Crippen molar-refractivity contribution in [3.8, 4) is 0 Å². The molecule has 0 fully saturated rings. The minimum absolute atomic E-state index is 0.106. The van der Waals surface area contributed by atoms with Crippen LogP contribution in [-0.4, -0.2) is 18.7 Å². The second-order valence-electron chi connectivity index (χ2n) is 2.91. The van der Waals surface area contributed by atoms with Crippen molar-refractivity contribution in [3.05, 3.63) is 23.2 Å². The number of nitrogens with two attached hydrogens (primary N) is 1. The Balaban J connectivity index is 2.38. The average molecular weight is 272 g/mol. The molecule has 0 spiro atoms. The van der Waals surface area contributed by atoms with Gasteiger partial charge in [0.15, 0.2) is 0 Å². The lowest BCUT2D eigenvalue weighted by Crippen LogP contribution is -2.16. The number of ether oxygens (including phenoxy) is 1. The van der Waals surface area contributed by atoms with Crippen LogP contribution in [0.3, 0.4) is 0 Å². The molecule has 0 radical (unpaired) electrons. The quantitative estimate of drug-likeness (QED) is 0.394. The highest BCUT2D eigenvalue weighted by Gasteiger charge is 2.27. The minimum Gasteiger partial charge on any atom is -0.398 e. The van der Waals surface area contributed by atoms with Gasteiger partial charge >= 0.3 is 6.18 Å². The van der Waals surface area contributed by atoms with Crippen molar-refractivity contribution in [1.29, 1.82) is 0 Å². The van der Waals surface area contributed by atoms with E-state index in [1.165, 1.54) is 6.07 Å². The second kappa shape index (κ2) is 5.65. The summed E-state index contributed by atoms with van der Waals surface area (Å²) in [7, 11) is 0. The molecule has 0 aliphatic carbocycles.